The van der Waals surface area contributed by atoms with Crippen molar-refractivity contribution in [2.75, 3.05) is 0 Å². The Morgan fingerprint density at radius 3 is 2.47 bits per heavy atom. The zero-order valence-corrected chi connectivity index (χ0v) is 9.53. The van der Waals surface area contributed by atoms with E-state index < -0.39 is 11.3 Å². The molecule has 8 heteroatoms. The first kappa shape index (κ1) is 11.1. The lowest BCUT2D eigenvalue weighted by molar-refractivity contribution is 0.463. The number of nitrogens with one attached hydrogen (secondary N) is 2. The molecule has 0 atom stereocenters. The van der Waals surface area contributed by atoms with E-state index in [1.54, 1.807) is 24.3 Å². The molecule has 2 heterocycles. The second-order valence-corrected chi connectivity index (χ2v) is 3.76. The van der Waals surface area contributed by atoms with Gasteiger partial charge in [0.1, 0.15) is 5.82 Å². The van der Waals surface area contributed by atoms with Crippen LogP contribution in [0.3, 0.4) is 0 Å². The number of hydrogen-bond acceptors (Lipinski definition) is 6. The Morgan fingerprint density at radius 1 is 1.11 bits per heavy atom. The molecule has 19 heavy (non-hydrogen) atoms. The molecule has 0 saturated heterocycles. The largest absolute Gasteiger partial charge is 0.502 e. The number of benzene rings is 1. The van der Waals surface area contributed by atoms with Gasteiger partial charge in [-0.15, -0.1) is 10.2 Å². The van der Waals surface area contributed by atoms with E-state index in [0.29, 0.717) is 17.2 Å². The third-order valence-electron chi connectivity index (χ3n) is 2.54. The quantitative estimate of drug-likeness (QED) is 0.607. The second kappa shape index (κ2) is 4.33. The van der Waals surface area contributed by atoms with Gasteiger partial charge in [0.2, 0.25) is 5.82 Å². The van der Waals surface area contributed by atoms with Crippen molar-refractivity contribution in [1.82, 2.24) is 30.6 Å². The minimum absolute atomic E-state index is 0.377. The summed E-state index contributed by atoms with van der Waals surface area (Å²) < 4.78 is 0. The number of hydrogen-bond donors (Lipinski definition) is 3. The Hall–Kier alpha value is -3.03. The number of nitrogens with zero attached hydrogens (tertiary/aromatic N) is 4. The van der Waals surface area contributed by atoms with E-state index in [-0.39, 0.29) is 0 Å². The Morgan fingerprint density at radius 2 is 1.84 bits per heavy atom. The number of aromatic hydroxyl groups is 1. The Bertz CT molecular complexity index is 748. The first-order chi connectivity index (χ1) is 9.24. The standard InChI is InChI=1S/C11H8N6O2/c18-8-5-12-9(13-11(8)19)6-1-3-7(4-2-6)10-14-16-17-15-10/h1-5,18H,(H,12,13,19)(H,14,15,16,17). The molecule has 2 aromatic heterocycles. The van der Waals surface area contributed by atoms with E-state index in [1.165, 1.54) is 0 Å². The fraction of sp³-hybridized carbons (Fsp3) is 0. The third-order valence-corrected chi connectivity index (χ3v) is 2.54. The van der Waals surface area contributed by atoms with Crippen LogP contribution in [0.25, 0.3) is 22.8 Å². The van der Waals surface area contributed by atoms with Crippen LogP contribution in [-0.4, -0.2) is 35.7 Å². The van der Waals surface area contributed by atoms with Crippen LogP contribution in [0.15, 0.2) is 35.3 Å². The number of H-pyrrole nitrogens is 2. The van der Waals surface area contributed by atoms with Gasteiger partial charge < -0.3 is 10.1 Å². The van der Waals surface area contributed by atoms with Crippen molar-refractivity contribution < 1.29 is 5.11 Å². The maximum absolute atomic E-state index is 11.3. The lowest BCUT2D eigenvalue weighted by Gasteiger charge is -2.01. The fourth-order valence-electron chi connectivity index (χ4n) is 1.60. The number of tetrazole rings is 1. The molecule has 0 unspecified atom stereocenters. The van der Waals surface area contributed by atoms with Crippen molar-refractivity contribution >= 4 is 0 Å². The monoisotopic (exact) mass is 256 g/mol. The lowest BCUT2D eigenvalue weighted by atomic mass is 10.1. The summed E-state index contributed by atoms with van der Waals surface area (Å²) in [6.45, 7) is 0. The van der Waals surface area contributed by atoms with Crippen LogP contribution in [0.2, 0.25) is 0 Å². The van der Waals surface area contributed by atoms with Gasteiger partial charge in [-0.1, -0.05) is 24.3 Å². The van der Waals surface area contributed by atoms with Gasteiger partial charge in [-0.2, -0.15) is 5.21 Å². The van der Waals surface area contributed by atoms with Crippen molar-refractivity contribution in [3.63, 3.8) is 0 Å². The molecule has 3 rings (SSSR count). The first-order valence-electron chi connectivity index (χ1n) is 5.36. The van der Waals surface area contributed by atoms with E-state index in [2.05, 4.69) is 30.6 Å². The Balaban J connectivity index is 1.98. The molecule has 0 spiro atoms. The Labute approximate surface area is 106 Å². The second-order valence-electron chi connectivity index (χ2n) is 3.76. The van der Waals surface area contributed by atoms with Gasteiger partial charge in [0, 0.05) is 11.1 Å². The molecule has 0 saturated carbocycles. The molecular formula is C11H8N6O2. The molecule has 0 bridgehead atoms. The Kier molecular flexibility index (Phi) is 2.53. The zero-order valence-electron chi connectivity index (χ0n) is 9.53. The van der Waals surface area contributed by atoms with E-state index in [1.807, 2.05) is 0 Å². The minimum Gasteiger partial charge on any atom is -0.502 e. The lowest BCUT2D eigenvalue weighted by Crippen LogP contribution is -2.07. The fourth-order valence-corrected chi connectivity index (χ4v) is 1.60. The molecule has 3 N–H and O–H groups in total. The van der Waals surface area contributed by atoms with Crippen molar-refractivity contribution in [2.45, 2.75) is 0 Å². The molecule has 1 aromatic carbocycles. The van der Waals surface area contributed by atoms with E-state index >= 15 is 0 Å². The van der Waals surface area contributed by atoms with E-state index in [4.69, 9.17) is 5.11 Å². The van der Waals surface area contributed by atoms with Gasteiger partial charge >= 0.3 is 0 Å². The highest BCUT2D eigenvalue weighted by molar-refractivity contribution is 5.62. The van der Waals surface area contributed by atoms with E-state index in [9.17, 15) is 4.79 Å². The van der Waals surface area contributed by atoms with Crippen LogP contribution in [0, 0.1) is 0 Å². The minimum atomic E-state index is -0.577. The van der Waals surface area contributed by atoms with Crippen molar-refractivity contribution in [2.24, 2.45) is 0 Å². The molecule has 0 aliphatic rings. The summed E-state index contributed by atoms with van der Waals surface area (Å²) in [6.07, 6.45) is 1.11. The molecule has 0 amide bonds. The van der Waals surface area contributed by atoms with Crippen LogP contribution in [0.1, 0.15) is 0 Å². The predicted molar refractivity (Wildman–Crippen MR) is 65.1 cm³/mol. The van der Waals surface area contributed by atoms with Crippen LogP contribution < -0.4 is 5.56 Å². The van der Waals surface area contributed by atoms with Gasteiger partial charge in [0.15, 0.2) is 5.75 Å². The van der Waals surface area contributed by atoms with Crippen LogP contribution >= 0.6 is 0 Å². The van der Waals surface area contributed by atoms with Crippen molar-refractivity contribution in [1.29, 1.82) is 0 Å². The highest BCUT2D eigenvalue weighted by Crippen LogP contribution is 2.19. The van der Waals surface area contributed by atoms with E-state index in [0.717, 1.165) is 11.8 Å². The summed E-state index contributed by atoms with van der Waals surface area (Å²) in [4.78, 5) is 17.7. The van der Waals surface area contributed by atoms with Crippen molar-refractivity contribution in [3.8, 4) is 28.5 Å². The molecule has 3 aromatic rings. The van der Waals surface area contributed by atoms with Gasteiger partial charge in [-0.05, 0) is 5.21 Å². The highest BCUT2D eigenvalue weighted by Gasteiger charge is 2.06. The first-order valence-corrected chi connectivity index (χ1v) is 5.36. The normalized spacial score (nSPS) is 10.5. The summed E-state index contributed by atoms with van der Waals surface area (Å²) in [5, 5.41) is 22.7. The van der Waals surface area contributed by atoms with Crippen LogP contribution in [0.5, 0.6) is 5.75 Å². The zero-order chi connectivity index (χ0) is 13.2. The maximum atomic E-state index is 11.3. The number of aromatic amines is 2. The molecule has 8 nitrogen and oxygen atoms in total. The molecule has 0 aliphatic heterocycles. The summed E-state index contributed by atoms with van der Waals surface area (Å²) in [5.41, 5.74) is 0.926. The molecule has 0 aliphatic carbocycles. The van der Waals surface area contributed by atoms with Crippen LogP contribution in [-0.2, 0) is 0 Å². The topological polar surface area (TPSA) is 120 Å². The van der Waals surface area contributed by atoms with Crippen LogP contribution in [0.4, 0.5) is 0 Å². The average molecular weight is 256 g/mol. The molecule has 0 fully saturated rings. The smallest absolute Gasteiger partial charge is 0.293 e. The number of aromatic nitrogens is 6. The summed E-state index contributed by atoms with van der Waals surface area (Å²) >= 11 is 0. The summed E-state index contributed by atoms with van der Waals surface area (Å²) in [5.74, 6) is 0.452. The maximum Gasteiger partial charge on any atom is 0.293 e. The third kappa shape index (κ3) is 2.06. The number of rotatable bonds is 2. The SMILES string of the molecule is O=c1[nH]c(-c2ccc(-c3nn[nH]n3)cc2)ncc1O. The van der Waals surface area contributed by atoms with Gasteiger partial charge in [-0.25, -0.2) is 4.98 Å². The molecule has 94 valence electrons. The van der Waals surface area contributed by atoms with Gasteiger partial charge in [-0.3, -0.25) is 4.79 Å². The molecular weight excluding hydrogens is 248 g/mol. The summed E-state index contributed by atoms with van der Waals surface area (Å²) in [6, 6.07) is 7.10. The average Bonchev–Trinajstić information content (AvgIpc) is 2.96. The highest BCUT2D eigenvalue weighted by atomic mass is 16.3. The van der Waals surface area contributed by atoms with Crippen molar-refractivity contribution in [3.05, 3.63) is 40.8 Å². The van der Waals surface area contributed by atoms with Gasteiger partial charge in [0.05, 0.1) is 6.20 Å². The molecule has 0 radical (unpaired) electrons. The summed E-state index contributed by atoms with van der Waals surface area (Å²) in [7, 11) is 0. The predicted octanol–water partition coefficient (Wildman–Crippen LogP) is 0.323. The van der Waals surface area contributed by atoms with Gasteiger partial charge in [0.25, 0.3) is 5.56 Å².